The minimum Gasteiger partial charge on any atom is -0.481 e. The lowest BCUT2D eigenvalue weighted by atomic mass is 10.1. The number of allylic oxidation sites excluding steroid dienone is 1. The lowest BCUT2D eigenvalue weighted by Crippen LogP contribution is -1.97. The van der Waals surface area contributed by atoms with E-state index in [2.05, 4.69) is 0 Å². The molecule has 0 aromatic heterocycles. The summed E-state index contributed by atoms with van der Waals surface area (Å²) in [6.07, 6.45) is 5.65. The first-order valence-electron chi connectivity index (χ1n) is 6.18. The molecule has 0 aliphatic rings. The highest BCUT2D eigenvalue weighted by atomic mass is 32.2. The molecule has 3 nitrogen and oxygen atoms in total. The van der Waals surface area contributed by atoms with Crippen molar-refractivity contribution in [3.8, 4) is 0 Å². The molecule has 0 spiro atoms. The molecule has 0 aliphatic carbocycles. The standard InChI is InChI=1S/C15H18O3S/c1-12(16)19-11-3-2-4-13-5-7-14(8-6-13)9-10-15(17)18/h2,4-8H,3,9-11H2,1H3,(H,17,18). The van der Waals surface area contributed by atoms with Crippen molar-refractivity contribution in [1.29, 1.82) is 0 Å². The van der Waals surface area contributed by atoms with Gasteiger partial charge in [-0.05, 0) is 24.0 Å². The summed E-state index contributed by atoms with van der Waals surface area (Å²) in [7, 11) is 0. The molecule has 0 saturated carbocycles. The van der Waals surface area contributed by atoms with Crippen LogP contribution in [-0.2, 0) is 16.0 Å². The smallest absolute Gasteiger partial charge is 0.303 e. The van der Waals surface area contributed by atoms with Crippen LogP contribution in [0, 0.1) is 0 Å². The van der Waals surface area contributed by atoms with Gasteiger partial charge in [-0.1, -0.05) is 48.2 Å². The molecule has 0 unspecified atom stereocenters. The molecule has 4 heteroatoms. The van der Waals surface area contributed by atoms with E-state index in [1.165, 1.54) is 11.8 Å². The summed E-state index contributed by atoms with van der Waals surface area (Å²) in [6.45, 7) is 1.57. The number of thioether (sulfide) groups is 1. The third-order valence-corrected chi connectivity index (χ3v) is 3.35. The average Bonchev–Trinajstić information content (AvgIpc) is 2.37. The maximum absolute atomic E-state index is 10.7. The van der Waals surface area contributed by atoms with E-state index in [0.29, 0.717) is 6.42 Å². The first-order chi connectivity index (χ1) is 9.08. The number of rotatable bonds is 7. The van der Waals surface area contributed by atoms with E-state index >= 15 is 0 Å². The van der Waals surface area contributed by atoms with Gasteiger partial charge >= 0.3 is 5.97 Å². The molecular weight excluding hydrogens is 260 g/mol. The summed E-state index contributed by atoms with van der Waals surface area (Å²) < 4.78 is 0. The summed E-state index contributed by atoms with van der Waals surface area (Å²) in [4.78, 5) is 21.2. The van der Waals surface area contributed by atoms with Crippen LogP contribution in [0.4, 0.5) is 0 Å². The summed E-state index contributed by atoms with van der Waals surface area (Å²) in [5, 5.41) is 8.75. The summed E-state index contributed by atoms with van der Waals surface area (Å²) in [5.74, 6) is 0.0367. The lowest BCUT2D eigenvalue weighted by Gasteiger charge is -1.99. The Morgan fingerprint density at radius 3 is 2.53 bits per heavy atom. The van der Waals surface area contributed by atoms with E-state index in [1.807, 2.05) is 36.4 Å². The molecule has 19 heavy (non-hydrogen) atoms. The lowest BCUT2D eigenvalue weighted by molar-refractivity contribution is -0.137. The first kappa shape index (κ1) is 15.5. The van der Waals surface area contributed by atoms with E-state index in [-0.39, 0.29) is 11.5 Å². The SMILES string of the molecule is CC(=O)SCCC=Cc1ccc(CCC(=O)O)cc1. The van der Waals surface area contributed by atoms with Crippen LogP contribution in [-0.4, -0.2) is 21.9 Å². The van der Waals surface area contributed by atoms with Gasteiger partial charge in [0.25, 0.3) is 0 Å². The van der Waals surface area contributed by atoms with Crippen LogP contribution < -0.4 is 0 Å². The van der Waals surface area contributed by atoms with Crippen LogP contribution in [0.1, 0.15) is 30.9 Å². The minimum absolute atomic E-state index is 0.149. The third kappa shape index (κ3) is 7.47. The number of aliphatic carboxylic acids is 1. The molecular formula is C15H18O3S. The molecule has 0 radical (unpaired) electrons. The number of aryl methyl sites for hydroxylation is 1. The van der Waals surface area contributed by atoms with Gasteiger partial charge in [-0.15, -0.1) is 0 Å². The van der Waals surface area contributed by atoms with Gasteiger partial charge in [0, 0.05) is 19.1 Å². The number of carboxylic acids is 1. The highest BCUT2D eigenvalue weighted by Crippen LogP contribution is 2.10. The molecule has 1 aromatic rings. The second-order valence-electron chi connectivity index (χ2n) is 4.17. The van der Waals surface area contributed by atoms with Crippen molar-refractivity contribution in [1.82, 2.24) is 0 Å². The van der Waals surface area contributed by atoms with E-state index in [4.69, 9.17) is 5.11 Å². The molecule has 0 fully saturated rings. The Balaban J connectivity index is 2.37. The fourth-order valence-electron chi connectivity index (χ4n) is 1.54. The second-order valence-corrected chi connectivity index (χ2v) is 5.44. The van der Waals surface area contributed by atoms with Crippen molar-refractivity contribution < 1.29 is 14.7 Å². The largest absolute Gasteiger partial charge is 0.481 e. The number of hydrogen-bond donors (Lipinski definition) is 1. The zero-order valence-corrected chi connectivity index (χ0v) is 11.8. The van der Waals surface area contributed by atoms with Crippen LogP contribution in [0.25, 0.3) is 6.08 Å². The third-order valence-electron chi connectivity index (χ3n) is 2.51. The molecule has 0 saturated heterocycles. The minimum atomic E-state index is -0.771. The second kappa shape index (κ2) is 8.53. The number of carbonyl (C=O) groups excluding carboxylic acids is 1. The monoisotopic (exact) mass is 278 g/mol. The van der Waals surface area contributed by atoms with E-state index in [0.717, 1.165) is 23.3 Å². The Kier molecular flexibility index (Phi) is 6.97. The maximum atomic E-state index is 10.7. The Bertz CT molecular complexity index is 449. The van der Waals surface area contributed by atoms with E-state index in [9.17, 15) is 9.59 Å². The Morgan fingerprint density at radius 1 is 1.26 bits per heavy atom. The summed E-state index contributed by atoms with van der Waals surface area (Å²) >= 11 is 1.33. The van der Waals surface area contributed by atoms with E-state index in [1.54, 1.807) is 6.92 Å². The zero-order valence-electron chi connectivity index (χ0n) is 11.0. The van der Waals surface area contributed by atoms with Crippen LogP contribution in [0.5, 0.6) is 0 Å². The Labute approximate surface area is 117 Å². The topological polar surface area (TPSA) is 54.4 Å². The number of carbonyl (C=O) groups is 2. The number of benzene rings is 1. The molecule has 102 valence electrons. The van der Waals surface area contributed by atoms with Crippen LogP contribution in [0.15, 0.2) is 30.3 Å². The van der Waals surface area contributed by atoms with Gasteiger partial charge in [0.05, 0.1) is 0 Å². The Hall–Kier alpha value is -1.55. The molecule has 0 atom stereocenters. The molecule has 0 bridgehead atoms. The summed E-state index contributed by atoms with van der Waals surface area (Å²) in [5.41, 5.74) is 2.12. The van der Waals surface area contributed by atoms with Crippen molar-refractivity contribution in [3.05, 3.63) is 41.5 Å². The van der Waals surface area contributed by atoms with E-state index < -0.39 is 5.97 Å². The van der Waals surface area contributed by atoms with Crippen LogP contribution in [0.2, 0.25) is 0 Å². The van der Waals surface area contributed by atoms with Crippen molar-refractivity contribution >= 4 is 28.9 Å². The van der Waals surface area contributed by atoms with Gasteiger partial charge in [0.15, 0.2) is 5.12 Å². The summed E-state index contributed by atoms with van der Waals surface area (Å²) in [6, 6.07) is 7.86. The molecule has 1 rings (SSSR count). The van der Waals surface area contributed by atoms with Gasteiger partial charge in [0.2, 0.25) is 0 Å². The number of hydrogen-bond acceptors (Lipinski definition) is 3. The maximum Gasteiger partial charge on any atom is 0.303 e. The molecule has 0 aliphatic heterocycles. The fraction of sp³-hybridized carbons (Fsp3) is 0.333. The Morgan fingerprint density at radius 2 is 1.95 bits per heavy atom. The van der Waals surface area contributed by atoms with Crippen LogP contribution >= 0.6 is 11.8 Å². The predicted octanol–water partition coefficient (Wildman–Crippen LogP) is 3.39. The highest BCUT2D eigenvalue weighted by molar-refractivity contribution is 8.13. The van der Waals surface area contributed by atoms with Gasteiger partial charge in [-0.2, -0.15) is 0 Å². The highest BCUT2D eigenvalue weighted by Gasteiger charge is 1.98. The van der Waals surface area contributed by atoms with Gasteiger partial charge in [-0.25, -0.2) is 0 Å². The van der Waals surface area contributed by atoms with Crippen molar-refractivity contribution in [2.45, 2.75) is 26.2 Å². The van der Waals surface area contributed by atoms with Crippen molar-refractivity contribution in [2.24, 2.45) is 0 Å². The quantitative estimate of drug-likeness (QED) is 0.777. The van der Waals surface area contributed by atoms with Gasteiger partial charge in [0.1, 0.15) is 0 Å². The van der Waals surface area contributed by atoms with Gasteiger partial charge in [-0.3, -0.25) is 9.59 Å². The van der Waals surface area contributed by atoms with Crippen molar-refractivity contribution in [2.75, 3.05) is 5.75 Å². The van der Waals surface area contributed by atoms with Gasteiger partial charge < -0.3 is 5.11 Å². The normalized spacial score (nSPS) is 10.8. The number of carboxylic acid groups (broad SMARTS) is 1. The van der Waals surface area contributed by atoms with Crippen molar-refractivity contribution in [3.63, 3.8) is 0 Å². The molecule has 0 heterocycles. The fourth-order valence-corrected chi connectivity index (χ4v) is 2.08. The molecule has 0 amide bonds. The zero-order chi connectivity index (χ0) is 14.1. The molecule has 1 N–H and O–H groups in total. The predicted molar refractivity (Wildman–Crippen MR) is 79.2 cm³/mol. The van der Waals surface area contributed by atoms with Crippen LogP contribution in [0.3, 0.4) is 0 Å². The average molecular weight is 278 g/mol. The first-order valence-corrected chi connectivity index (χ1v) is 7.17. The molecule has 1 aromatic carbocycles.